The quantitative estimate of drug-likeness (QED) is 0.766. The van der Waals surface area contributed by atoms with Crippen LogP contribution in [0.5, 0.6) is 0 Å². The normalized spacial score (nSPS) is 10.3. The number of hydrogen-bond donors (Lipinski definition) is 2. The molecule has 0 atom stereocenters. The molecule has 22 heavy (non-hydrogen) atoms. The predicted molar refractivity (Wildman–Crippen MR) is 91.4 cm³/mol. The Morgan fingerprint density at radius 2 is 2.05 bits per heavy atom. The maximum Gasteiger partial charge on any atom is 0.271 e. The molecule has 1 aromatic heterocycles. The van der Waals surface area contributed by atoms with Gasteiger partial charge in [0.15, 0.2) is 11.5 Å². The first-order valence-electron chi connectivity index (χ1n) is 7.25. The second kappa shape index (κ2) is 7.89. The number of aryl methyl sites for hydroxylation is 1. The molecule has 0 aliphatic carbocycles. The fourth-order valence-corrected chi connectivity index (χ4v) is 2.44. The monoisotopic (exact) mass is 362 g/mol. The highest BCUT2D eigenvalue weighted by Gasteiger charge is 2.08. The van der Waals surface area contributed by atoms with E-state index in [1.165, 1.54) is 5.56 Å². The van der Waals surface area contributed by atoms with Crippen molar-refractivity contribution in [3.63, 3.8) is 0 Å². The first-order chi connectivity index (χ1) is 10.6. The number of hydrogen-bond acceptors (Lipinski definition) is 4. The molecule has 0 aliphatic rings. The number of carbonyl (C=O) groups excluding carboxylic acids is 1. The topological polar surface area (TPSA) is 66.9 Å². The molecule has 2 aromatic rings. The highest BCUT2D eigenvalue weighted by molar-refractivity contribution is 9.10. The molecule has 1 amide bonds. The lowest BCUT2D eigenvalue weighted by molar-refractivity contribution is 0.0947. The summed E-state index contributed by atoms with van der Waals surface area (Å²) in [5.41, 5.74) is 2.40. The summed E-state index contributed by atoms with van der Waals surface area (Å²) in [6.07, 6.45) is 2.00. The summed E-state index contributed by atoms with van der Waals surface area (Å²) in [4.78, 5) is 11.8. The second-order valence-corrected chi connectivity index (χ2v) is 5.88. The summed E-state index contributed by atoms with van der Waals surface area (Å²) in [6.45, 7) is 4.77. The van der Waals surface area contributed by atoms with E-state index >= 15 is 0 Å². The van der Waals surface area contributed by atoms with Gasteiger partial charge < -0.3 is 10.6 Å². The summed E-state index contributed by atoms with van der Waals surface area (Å²) in [7, 11) is 0. The van der Waals surface area contributed by atoms with Gasteiger partial charge in [-0.25, -0.2) is 0 Å². The molecule has 0 saturated heterocycles. The van der Waals surface area contributed by atoms with E-state index in [9.17, 15) is 4.79 Å². The maximum absolute atomic E-state index is 11.8. The Morgan fingerprint density at radius 3 is 2.68 bits per heavy atom. The number of aromatic nitrogens is 2. The fraction of sp³-hybridized carbons (Fsp3) is 0.312. The molecule has 0 bridgehead atoms. The van der Waals surface area contributed by atoms with Gasteiger partial charge in [0.05, 0.1) is 5.69 Å². The number of anilines is 2. The molecular formula is C16H19BrN4O. The van der Waals surface area contributed by atoms with Crippen LogP contribution in [0.25, 0.3) is 0 Å². The molecule has 5 nitrogen and oxygen atoms in total. The number of nitrogens with zero attached hydrogens (tertiary/aromatic N) is 2. The van der Waals surface area contributed by atoms with Crippen LogP contribution in [0.15, 0.2) is 34.8 Å². The molecule has 1 heterocycles. The zero-order valence-electron chi connectivity index (χ0n) is 12.7. The van der Waals surface area contributed by atoms with Crippen LogP contribution < -0.4 is 10.6 Å². The van der Waals surface area contributed by atoms with Crippen LogP contribution in [-0.2, 0) is 0 Å². The van der Waals surface area contributed by atoms with Crippen LogP contribution >= 0.6 is 15.9 Å². The van der Waals surface area contributed by atoms with Crippen molar-refractivity contribution in [2.45, 2.75) is 26.7 Å². The Kier molecular flexibility index (Phi) is 5.89. The van der Waals surface area contributed by atoms with Gasteiger partial charge >= 0.3 is 0 Å². The molecule has 2 rings (SSSR count). The summed E-state index contributed by atoms with van der Waals surface area (Å²) < 4.78 is 0.954. The van der Waals surface area contributed by atoms with Crippen molar-refractivity contribution < 1.29 is 4.79 Å². The highest BCUT2D eigenvalue weighted by atomic mass is 79.9. The van der Waals surface area contributed by atoms with Gasteiger partial charge in [0, 0.05) is 11.0 Å². The minimum Gasteiger partial charge on any atom is -0.351 e. The van der Waals surface area contributed by atoms with Crippen molar-refractivity contribution >= 4 is 33.3 Å². The van der Waals surface area contributed by atoms with Gasteiger partial charge in [-0.1, -0.05) is 19.4 Å². The van der Waals surface area contributed by atoms with Gasteiger partial charge in [0.1, 0.15) is 0 Å². The van der Waals surface area contributed by atoms with E-state index in [2.05, 4.69) is 43.7 Å². The smallest absolute Gasteiger partial charge is 0.271 e. The van der Waals surface area contributed by atoms with Crippen molar-refractivity contribution in [2.24, 2.45) is 0 Å². The molecule has 0 aliphatic heterocycles. The highest BCUT2D eigenvalue weighted by Crippen LogP contribution is 2.25. The van der Waals surface area contributed by atoms with Crippen molar-refractivity contribution in [1.29, 1.82) is 0 Å². The largest absolute Gasteiger partial charge is 0.351 e. The number of nitrogens with one attached hydrogen (secondary N) is 2. The van der Waals surface area contributed by atoms with Gasteiger partial charge in [0.25, 0.3) is 5.91 Å². The van der Waals surface area contributed by atoms with E-state index in [0.717, 1.165) is 23.0 Å². The fourth-order valence-electron chi connectivity index (χ4n) is 1.85. The molecule has 0 saturated carbocycles. The molecule has 116 valence electrons. The Hall–Kier alpha value is -1.95. The van der Waals surface area contributed by atoms with Crippen LogP contribution in [0.4, 0.5) is 11.5 Å². The number of halogens is 1. The van der Waals surface area contributed by atoms with E-state index < -0.39 is 0 Å². The third-order valence-corrected chi connectivity index (χ3v) is 3.76. The Bertz CT molecular complexity index is 643. The molecule has 1 aromatic carbocycles. The van der Waals surface area contributed by atoms with Gasteiger partial charge in [-0.2, -0.15) is 0 Å². The van der Waals surface area contributed by atoms with Crippen molar-refractivity contribution in [3.8, 4) is 0 Å². The van der Waals surface area contributed by atoms with E-state index in [0.29, 0.717) is 18.1 Å². The van der Waals surface area contributed by atoms with E-state index in [4.69, 9.17) is 0 Å². The van der Waals surface area contributed by atoms with Crippen LogP contribution in [-0.4, -0.2) is 22.6 Å². The molecule has 0 unspecified atom stereocenters. The number of carbonyl (C=O) groups is 1. The van der Waals surface area contributed by atoms with Gasteiger partial charge in [-0.3, -0.25) is 4.79 Å². The lowest BCUT2D eigenvalue weighted by Gasteiger charge is -2.08. The lowest BCUT2D eigenvalue weighted by atomic mass is 10.2. The number of rotatable bonds is 6. The predicted octanol–water partition coefficient (Wildman–Crippen LogP) is 3.82. The SMILES string of the molecule is CCCCNC(=O)c1ccc(Nc2ccc(C)cc2Br)nn1. The van der Waals surface area contributed by atoms with Crippen LogP contribution in [0.3, 0.4) is 0 Å². The Morgan fingerprint density at radius 1 is 1.23 bits per heavy atom. The molecule has 0 spiro atoms. The molecule has 6 heteroatoms. The number of benzene rings is 1. The zero-order chi connectivity index (χ0) is 15.9. The minimum absolute atomic E-state index is 0.191. The summed E-state index contributed by atoms with van der Waals surface area (Å²) in [6, 6.07) is 9.40. The Labute approximate surface area is 138 Å². The van der Waals surface area contributed by atoms with E-state index in [1.807, 2.05) is 25.1 Å². The van der Waals surface area contributed by atoms with Crippen molar-refractivity contribution in [2.75, 3.05) is 11.9 Å². The average Bonchev–Trinajstić information content (AvgIpc) is 2.51. The number of amides is 1. The zero-order valence-corrected chi connectivity index (χ0v) is 14.3. The van der Waals surface area contributed by atoms with E-state index in [-0.39, 0.29) is 5.91 Å². The van der Waals surface area contributed by atoms with Crippen molar-refractivity contribution in [1.82, 2.24) is 15.5 Å². The maximum atomic E-state index is 11.8. The Balaban J connectivity index is 2.01. The molecule has 2 N–H and O–H groups in total. The molecule has 0 radical (unpaired) electrons. The van der Waals surface area contributed by atoms with E-state index in [1.54, 1.807) is 12.1 Å². The summed E-state index contributed by atoms with van der Waals surface area (Å²) >= 11 is 3.50. The second-order valence-electron chi connectivity index (χ2n) is 5.02. The van der Waals surface area contributed by atoms with Crippen LogP contribution in [0.2, 0.25) is 0 Å². The van der Waals surface area contributed by atoms with Crippen LogP contribution in [0.1, 0.15) is 35.8 Å². The average molecular weight is 363 g/mol. The van der Waals surface area contributed by atoms with Gasteiger partial charge in [-0.15, -0.1) is 10.2 Å². The molecule has 0 fully saturated rings. The standard InChI is InChI=1S/C16H19BrN4O/c1-3-4-9-18-16(22)14-7-8-15(21-20-14)19-13-6-5-11(2)10-12(13)17/h5-8,10H,3-4,9H2,1-2H3,(H,18,22)(H,19,21). The minimum atomic E-state index is -0.191. The van der Waals surface area contributed by atoms with Crippen molar-refractivity contribution in [3.05, 3.63) is 46.1 Å². The molecular weight excluding hydrogens is 344 g/mol. The van der Waals surface area contributed by atoms with Gasteiger partial charge in [0.2, 0.25) is 0 Å². The lowest BCUT2D eigenvalue weighted by Crippen LogP contribution is -2.25. The van der Waals surface area contributed by atoms with Crippen LogP contribution in [0, 0.1) is 6.92 Å². The number of unbranched alkanes of at least 4 members (excludes halogenated alkanes) is 1. The third kappa shape index (κ3) is 4.53. The third-order valence-electron chi connectivity index (χ3n) is 3.10. The first kappa shape index (κ1) is 16.4. The van der Waals surface area contributed by atoms with Gasteiger partial charge in [-0.05, 0) is 59.1 Å². The first-order valence-corrected chi connectivity index (χ1v) is 8.04. The summed E-state index contributed by atoms with van der Waals surface area (Å²) in [5.74, 6) is 0.402. The summed E-state index contributed by atoms with van der Waals surface area (Å²) in [5, 5.41) is 14.0.